The van der Waals surface area contributed by atoms with E-state index in [2.05, 4.69) is 9.97 Å². The molecule has 0 atom stereocenters. The Morgan fingerprint density at radius 3 is 2.62 bits per heavy atom. The number of para-hydroxylation sites is 2. The van der Waals surface area contributed by atoms with Crippen LogP contribution in [-0.4, -0.2) is 26.0 Å². The topological polar surface area (TPSA) is 118 Å². The van der Waals surface area contributed by atoms with Crippen LogP contribution in [0.4, 0.5) is 5.69 Å². The predicted molar refractivity (Wildman–Crippen MR) is 121 cm³/mol. The molecule has 0 amide bonds. The molecule has 3 aromatic carbocycles. The molecule has 1 heterocycles. The Morgan fingerprint density at radius 1 is 1.12 bits per heavy atom. The van der Waals surface area contributed by atoms with Crippen molar-refractivity contribution in [1.82, 2.24) is 9.97 Å². The van der Waals surface area contributed by atoms with Gasteiger partial charge in [-0.05, 0) is 65.4 Å². The number of imidazole rings is 1. The second-order valence-corrected chi connectivity index (χ2v) is 7.79. The summed E-state index contributed by atoms with van der Waals surface area (Å²) in [5.41, 5.74) is 3.06. The molecule has 0 saturated carbocycles. The molecule has 8 nitrogen and oxygen atoms in total. The zero-order chi connectivity index (χ0) is 22.5. The minimum absolute atomic E-state index is 0.0176. The van der Waals surface area contributed by atoms with Gasteiger partial charge in [0.25, 0.3) is 5.69 Å². The van der Waals surface area contributed by atoms with Crippen LogP contribution in [0, 0.1) is 10.1 Å². The van der Waals surface area contributed by atoms with Gasteiger partial charge in [-0.3, -0.25) is 10.1 Å². The van der Waals surface area contributed by atoms with Crippen molar-refractivity contribution in [1.29, 1.82) is 0 Å². The van der Waals surface area contributed by atoms with Gasteiger partial charge in [0.15, 0.2) is 5.16 Å². The molecule has 4 aromatic rings. The van der Waals surface area contributed by atoms with Crippen LogP contribution in [0.1, 0.15) is 11.1 Å². The number of carboxylic acids is 1. The Labute approximate surface area is 186 Å². The summed E-state index contributed by atoms with van der Waals surface area (Å²) >= 11 is 1.04. The lowest BCUT2D eigenvalue weighted by molar-refractivity contribution is -0.384. The van der Waals surface area contributed by atoms with Crippen LogP contribution < -0.4 is 4.74 Å². The molecule has 0 saturated heterocycles. The second-order valence-electron chi connectivity index (χ2n) is 6.76. The van der Waals surface area contributed by atoms with Gasteiger partial charge in [0.1, 0.15) is 17.3 Å². The van der Waals surface area contributed by atoms with E-state index in [9.17, 15) is 20.0 Å². The van der Waals surface area contributed by atoms with Gasteiger partial charge in [0.05, 0.1) is 16.0 Å². The summed E-state index contributed by atoms with van der Waals surface area (Å²) < 4.78 is 5.76. The number of non-ortho nitro benzene ring substituents is 1. The molecule has 0 aliphatic carbocycles. The van der Waals surface area contributed by atoms with Crippen molar-refractivity contribution in [2.75, 3.05) is 0 Å². The first-order valence-electron chi connectivity index (χ1n) is 9.52. The third-order valence-electron chi connectivity index (χ3n) is 4.49. The molecular formula is C23H17N3O5S. The fourth-order valence-corrected chi connectivity index (χ4v) is 3.74. The number of aromatic amines is 1. The number of nitro benzene ring substituents is 1. The van der Waals surface area contributed by atoms with Crippen molar-refractivity contribution in [2.45, 2.75) is 11.8 Å². The van der Waals surface area contributed by atoms with Crippen LogP contribution >= 0.6 is 11.8 Å². The molecule has 9 heteroatoms. The number of ether oxygens (including phenoxy) is 1. The molecule has 4 rings (SSSR count). The van der Waals surface area contributed by atoms with Crippen LogP contribution in [0.2, 0.25) is 0 Å². The van der Waals surface area contributed by atoms with Gasteiger partial charge in [0, 0.05) is 12.1 Å². The molecule has 1 aromatic heterocycles. The number of aliphatic carboxylic acids is 1. The molecule has 0 fully saturated rings. The van der Waals surface area contributed by atoms with Gasteiger partial charge in [-0.2, -0.15) is 0 Å². The van der Waals surface area contributed by atoms with Crippen LogP contribution in [0.3, 0.4) is 0 Å². The lowest BCUT2D eigenvalue weighted by atomic mass is 10.2. The monoisotopic (exact) mass is 447 g/mol. The summed E-state index contributed by atoms with van der Waals surface area (Å²) in [6, 6.07) is 20.6. The fraction of sp³-hybridized carbons (Fsp3) is 0.0435. The van der Waals surface area contributed by atoms with E-state index < -0.39 is 10.9 Å². The van der Waals surface area contributed by atoms with Crippen molar-refractivity contribution in [3.05, 3.63) is 98.9 Å². The standard InChI is InChI=1S/C23H17N3O5S/c27-22(28)21(32-23-24-19-6-1-2-7-20(19)25-23)13-16-4-3-5-18(12-16)31-14-15-8-10-17(11-9-15)26(29)30/h1-13H,14H2,(H,24,25)(H,27,28)/b21-13-. The van der Waals surface area contributed by atoms with Crippen molar-refractivity contribution in [3.63, 3.8) is 0 Å². The van der Waals surface area contributed by atoms with E-state index in [0.29, 0.717) is 16.5 Å². The maximum Gasteiger partial charge on any atom is 0.342 e. The maximum absolute atomic E-state index is 11.8. The molecule has 0 radical (unpaired) electrons. The van der Waals surface area contributed by atoms with E-state index in [1.807, 2.05) is 24.3 Å². The zero-order valence-electron chi connectivity index (χ0n) is 16.6. The molecule has 0 aliphatic heterocycles. The second kappa shape index (κ2) is 9.36. The lowest BCUT2D eigenvalue weighted by Crippen LogP contribution is -1.98. The number of fused-ring (bicyclic) bond motifs is 1. The number of hydrogen-bond acceptors (Lipinski definition) is 6. The van der Waals surface area contributed by atoms with Crippen LogP contribution in [0.5, 0.6) is 5.75 Å². The highest BCUT2D eigenvalue weighted by Gasteiger charge is 2.13. The molecule has 32 heavy (non-hydrogen) atoms. The van der Waals surface area contributed by atoms with Crippen molar-refractivity contribution in [3.8, 4) is 5.75 Å². The number of benzene rings is 3. The zero-order valence-corrected chi connectivity index (χ0v) is 17.4. The normalized spacial score (nSPS) is 11.4. The van der Waals surface area contributed by atoms with Gasteiger partial charge in [-0.15, -0.1) is 0 Å². The number of nitro groups is 1. The number of hydrogen-bond donors (Lipinski definition) is 2. The maximum atomic E-state index is 11.8. The number of aromatic nitrogens is 2. The Bertz CT molecular complexity index is 1280. The Balaban J connectivity index is 1.48. The van der Waals surface area contributed by atoms with E-state index in [1.165, 1.54) is 12.1 Å². The molecule has 0 aliphatic rings. The fourth-order valence-electron chi connectivity index (χ4n) is 2.94. The number of thioether (sulfide) groups is 1. The number of H-pyrrole nitrogens is 1. The number of nitrogens with one attached hydrogen (secondary N) is 1. The van der Waals surface area contributed by atoms with E-state index >= 15 is 0 Å². The van der Waals surface area contributed by atoms with Crippen molar-refractivity contribution >= 4 is 40.5 Å². The van der Waals surface area contributed by atoms with E-state index in [0.717, 1.165) is 28.4 Å². The van der Waals surface area contributed by atoms with E-state index in [4.69, 9.17) is 4.74 Å². The highest BCUT2D eigenvalue weighted by atomic mass is 32.2. The Kier molecular flexibility index (Phi) is 6.18. The highest BCUT2D eigenvalue weighted by Crippen LogP contribution is 2.29. The largest absolute Gasteiger partial charge is 0.489 e. The summed E-state index contributed by atoms with van der Waals surface area (Å²) in [6.07, 6.45) is 1.55. The van der Waals surface area contributed by atoms with Gasteiger partial charge >= 0.3 is 5.97 Å². The Morgan fingerprint density at radius 2 is 1.91 bits per heavy atom. The molecule has 0 bridgehead atoms. The third-order valence-corrected chi connectivity index (χ3v) is 5.39. The van der Waals surface area contributed by atoms with Crippen molar-refractivity contribution in [2.24, 2.45) is 0 Å². The minimum atomic E-state index is -1.06. The third kappa shape index (κ3) is 5.13. The van der Waals surface area contributed by atoms with Crippen LogP contribution in [0.15, 0.2) is 82.9 Å². The van der Waals surface area contributed by atoms with Gasteiger partial charge in [0.2, 0.25) is 0 Å². The summed E-state index contributed by atoms with van der Waals surface area (Å²) in [6.45, 7) is 0.227. The average Bonchev–Trinajstić information content (AvgIpc) is 3.20. The Hall–Kier alpha value is -4.11. The quantitative estimate of drug-likeness (QED) is 0.163. The first-order valence-corrected chi connectivity index (χ1v) is 10.3. The SMILES string of the molecule is O=C(O)/C(=C/c1cccc(OCc2ccc([N+](=O)[O-])cc2)c1)Sc1nc2ccccc2[nH]1. The average molecular weight is 447 g/mol. The summed E-state index contributed by atoms with van der Waals surface area (Å²) in [4.78, 5) is 29.7. The molecule has 160 valence electrons. The van der Waals surface area contributed by atoms with Gasteiger partial charge < -0.3 is 14.8 Å². The number of rotatable bonds is 8. The van der Waals surface area contributed by atoms with Gasteiger partial charge in [-0.1, -0.05) is 24.3 Å². The van der Waals surface area contributed by atoms with Crippen molar-refractivity contribution < 1.29 is 19.6 Å². The molecule has 0 spiro atoms. The lowest BCUT2D eigenvalue weighted by Gasteiger charge is -2.07. The highest BCUT2D eigenvalue weighted by molar-refractivity contribution is 8.04. The minimum Gasteiger partial charge on any atom is -0.489 e. The number of nitrogens with zero attached hydrogens (tertiary/aromatic N) is 2. The molecular weight excluding hydrogens is 430 g/mol. The first-order chi connectivity index (χ1) is 15.5. The predicted octanol–water partition coefficient (Wildman–Crippen LogP) is 5.27. The summed E-state index contributed by atoms with van der Waals surface area (Å²) in [7, 11) is 0. The van der Waals surface area contributed by atoms with Gasteiger partial charge in [-0.25, -0.2) is 9.78 Å². The smallest absolute Gasteiger partial charge is 0.342 e. The number of carbonyl (C=O) groups is 1. The van der Waals surface area contributed by atoms with Crippen LogP contribution in [0.25, 0.3) is 17.1 Å². The van der Waals surface area contributed by atoms with E-state index in [-0.39, 0.29) is 17.2 Å². The first kappa shape index (κ1) is 21.1. The van der Waals surface area contributed by atoms with Crippen LogP contribution in [-0.2, 0) is 11.4 Å². The molecule has 0 unspecified atom stereocenters. The van der Waals surface area contributed by atoms with E-state index in [1.54, 1.807) is 42.5 Å². The summed E-state index contributed by atoms with van der Waals surface area (Å²) in [5.74, 6) is -0.511. The number of carboxylic acid groups (broad SMARTS) is 1. The molecule has 2 N–H and O–H groups in total. The summed E-state index contributed by atoms with van der Waals surface area (Å²) in [5, 5.41) is 20.9.